The van der Waals surface area contributed by atoms with Gasteiger partial charge in [-0.25, -0.2) is 0 Å². The number of nitrogens with zero attached hydrogens (tertiary/aromatic N) is 1. The summed E-state index contributed by atoms with van der Waals surface area (Å²) in [6.45, 7) is 0. The van der Waals surface area contributed by atoms with Gasteiger partial charge in [0.25, 0.3) is 0 Å². The molecule has 0 radical (unpaired) electrons. The molecule has 0 aromatic heterocycles. The quantitative estimate of drug-likeness (QED) is 0.516. The van der Waals surface area contributed by atoms with Gasteiger partial charge in [0, 0.05) is 11.4 Å². The van der Waals surface area contributed by atoms with Crippen LogP contribution in [0.4, 0.5) is 11.4 Å². The average Bonchev–Trinajstić information content (AvgIpc) is 2.65. The van der Waals surface area contributed by atoms with Crippen LogP contribution in [0.2, 0.25) is 0 Å². The molecule has 1 heterocycles. The van der Waals surface area contributed by atoms with Gasteiger partial charge in [0.2, 0.25) is 0 Å². The number of benzene rings is 3. The lowest BCUT2D eigenvalue weighted by atomic mass is 9.93. The van der Waals surface area contributed by atoms with E-state index >= 15 is 0 Å². The molecule has 114 valence electrons. The van der Waals surface area contributed by atoms with Gasteiger partial charge < -0.3 is 4.90 Å². The molecule has 0 N–H and O–H groups in total. The van der Waals surface area contributed by atoms with Crippen molar-refractivity contribution in [2.45, 2.75) is 6.42 Å². The summed E-state index contributed by atoms with van der Waals surface area (Å²) in [4.78, 5) is 2.39. The molecule has 1 aliphatic heterocycles. The van der Waals surface area contributed by atoms with Gasteiger partial charge in [-0.3, -0.25) is 0 Å². The van der Waals surface area contributed by atoms with E-state index in [1.54, 1.807) is 0 Å². The van der Waals surface area contributed by atoms with Gasteiger partial charge in [0.1, 0.15) is 0 Å². The Bertz CT molecular complexity index is 1040. The number of hydrogen-bond acceptors (Lipinski definition) is 1. The minimum absolute atomic E-state index is 0.990. The Labute approximate surface area is 141 Å². The number of rotatable bonds is 1. The molecular weight excluding hydrogens is 290 g/mol. The van der Waals surface area contributed by atoms with Gasteiger partial charge in [-0.2, -0.15) is 0 Å². The van der Waals surface area contributed by atoms with Crippen LogP contribution in [-0.2, 0) is 0 Å². The maximum absolute atomic E-state index is 2.39. The van der Waals surface area contributed by atoms with E-state index < -0.39 is 0 Å². The predicted molar refractivity (Wildman–Crippen MR) is 102 cm³/mol. The van der Waals surface area contributed by atoms with E-state index in [1.165, 1.54) is 39.0 Å². The lowest BCUT2D eigenvalue weighted by Crippen LogP contribution is -2.22. The Morgan fingerprint density at radius 3 is 2.58 bits per heavy atom. The van der Waals surface area contributed by atoms with E-state index in [0.717, 1.165) is 6.42 Å². The number of allylic oxidation sites excluding steroid dienone is 4. The summed E-state index contributed by atoms with van der Waals surface area (Å²) >= 11 is 0. The van der Waals surface area contributed by atoms with E-state index in [0.29, 0.717) is 0 Å². The molecule has 1 aliphatic carbocycles. The molecule has 0 amide bonds. The third kappa shape index (κ3) is 2.02. The predicted octanol–water partition coefficient (Wildman–Crippen LogP) is 6.22. The monoisotopic (exact) mass is 307 g/mol. The fourth-order valence-corrected chi connectivity index (χ4v) is 3.64. The second-order valence-electron chi connectivity index (χ2n) is 6.28. The number of para-hydroxylation sites is 1. The first-order valence-corrected chi connectivity index (χ1v) is 8.36. The summed E-state index contributed by atoms with van der Waals surface area (Å²) in [5, 5.41) is 2.55. The van der Waals surface area contributed by atoms with E-state index in [2.05, 4.69) is 95.9 Å². The van der Waals surface area contributed by atoms with Crippen LogP contribution < -0.4 is 4.90 Å². The maximum atomic E-state index is 2.39. The van der Waals surface area contributed by atoms with Gasteiger partial charge in [0.15, 0.2) is 0 Å². The molecule has 0 atom stereocenters. The van der Waals surface area contributed by atoms with Crippen LogP contribution in [0.25, 0.3) is 16.8 Å². The smallest absolute Gasteiger partial charge is 0.0534 e. The molecule has 5 rings (SSSR count). The van der Waals surface area contributed by atoms with E-state index in [4.69, 9.17) is 0 Å². The van der Waals surface area contributed by atoms with Crippen molar-refractivity contribution < 1.29 is 0 Å². The molecule has 1 heteroatoms. The van der Waals surface area contributed by atoms with E-state index in [9.17, 15) is 0 Å². The second kappa shape index (κ2) is 5.24. The molecule has 0 saturated heterocycles. The van der Waals surface area contributed by atoms with Crippen LogP contribution in [0.1, 0.15) is 12.0 Å². The first kappa shape index (κ1) is 13.4. The molecule has 3 aromatic rings. The summed E-state index contributed by atoms with van der Waals surface area (Å²) in [6, 6.07) is 23.9. The normalized spacial score (nSPS) is 15.6. The summed E-state index contributed by atoms with van der Waals surface area (Å²) in [7, 11) is 0. The lowest BCUT2D eigenvalue weighted by molar-refractivity contribution is 1.08. The van der Waals surface area contributed by atoms with Crippen molar-refractivity contribution >= 4 is 28.2 Å². The molecule has 0 bridgehead atoms. The van der Waals surface area contributed by atoms with Crippen molar-refractivity contribution in [2.75, 3.05) is 4.90 Å². The molecule has 0 fully saturated rings. The molecule has 1 nitrogen and oxygen atoms in total. The van der Waals surface area contributed by atoms with Gasteiger partial charge in [-0.1, -0.05) is 60.7 Å². The molecule has 0 saturated carbocycles. The van der Waals surface area contributed by atoms with Crippen molar-refractivity contribution in [3.63, 3.8) is 0 Å². The third-order valence-electron chi connectivity index (χ3n) is 4.80. The summed E-state index contributed by atoms with van der Waals surface area (Å²) in [5.74, 6) is 0. The third-order valence-corrected chi connectivity index (χ3v) is 4.80. The summed E-state index contributed by atoms with van der Waals surface area (Å²) in [6.07, 6.45) is 9.92. The highest BCUT2D eigenvalue weighted by atomic mass is 15.2. The van der Waals surface area contributed by atoms with E-state index in [1.807, 2.05) is 0 Å². The minimum Gasteiger partial charge on any atom is -0.310 e. The Morgan fingerprint density at radius 2 is 1.62 bits per heavy atom. The number of fused-ring (bicyclic) bond motifs is 3. The van der Waals surface area contributed by atoms with Crippen molar-refractivity contribution in [1.82, 2.24) is 0 Å². The molecule has 24 heavy (non-hydrogen) atoms. The molecular formula is C23H17N. The van der Waals surface area contributed by atoms with Gasteiger partial charge in [-0.05, 0) is 58.7 Å². The topological polar surface area (TPSA) is 3.24 Å². The highest BCUT2D eigenvalue weighted by molar-refractivity contribution is 5.91. The van der Waals surface area contributed by atoms with Crippen molar-refractivity contribution in [3.05, 3.63) is 102 Å². The first-order valence-electron chi connectivity index (χ1n) is 8.36. The van der Waals surface area contributed by atoms with Crippen LogP contribution in [0.5, 0.6) is 0 Å². The second-order valence-corrected chi connectivity index (χ2v) is 6.28. The summed E-state index contributed by atoms with van der Waals surface area (Å²) < 4.78 is 0. The van der Waals surface area contributed by atoms with Gasteiger partial charge in [-0.15, -0.1) is 0 Å². The van der Waals surface area contributed by atoms with Crippen LogP contribution in [0, 0.1) is 0 Å². The maximum Gasteiger partial charge on any atom is 0.0534 e. The largest absolute Gasteiger partial charge is 0.310 e. The first-order chi connectivity index (χ1) is 11.9. The number of anilines is 2. The number of hydrogen-bond donors (Lipinski definition) is 0. The van der Waals surface area contributed by atoms with Crippen molar-refractivity contribution in [1.29, 1.82) is 0 Å². The Morgan fingerprint density at radius 1 is 0.792 bits per heavy atom. The van der Waals surface area contributed by atoms with Crippen LogP contribution in [0.3, 0.4) is 0 Å². The zero-order valence-electron chi connectivity index (χ0n) is 13.3. The molecule has 2 aliphatic rings. The minimum atomic E-state index is 0.990. The highest BCUT2D eigenvalue weighted by Gasteiger charge is 2.24. The van der Waals surface area contributed by atoms with Crippen LogP contribution in [-0.4, -0.2) is 0 Å². The molecule has 0 spiro atoms. The Hall–Kier alpha value is -3.06. The van der Waals surface area contributed by atoms with Crippen molar-refractivity contribution in [2.24, 2.45) is 0 Å². The van der Waals surface area contributed by atoms with Crippen molar-refractivity contribution in [3.8, 4) is 0 Å². The van der Waals surface area contributed by atoms with E-state index in [-0.39, 0.29) is 0 Å². The Kier molecular flexibility index (Phi) is 2.92. The van der Waals surface area contributed by atoms with Crippen LogP contribution >= 0.6 is 0 Å². The summed E-state index contributed by atoms with van der Waals surface area (Å²) in [5.41, 5.74) is 6.41. The average molecular weight is 307 g/mol. The zero-order chi connectivity index (χ0) is 15.9. The Balaban J connectivity index is 1.75. The highest BCUT2D eigenvalue weighted by Crippen LogP contribution is 2.43. The standard InChI is InChI=1S/C23H17N/c1-2-8-18-16-21(14-13-17(18)7-1)24-22-11-5-3-9-19(22)15-20-10-4-6-12-23(20)24/h1-9,11-16H,10H2. The zero-order valence-corrected chi connectivity index (χ0v) is 13.3. The fraction of sp³-hybridized carbons (Fsp3) is 0.0435. The van der Waals surface area contributed by atoms with Gasteiger partial charge in [0.05, 0.1) is 5.69 Å². The molecule has 3 aromatic carbocycles. The molecule has 0 unspecified atom stereocenters. The van der Waals surface area contributed by atoms with Gasteiger partial charge >= 0.3 is 0 Å². The van der Waals surface area contributed by atoms with Crippen LogP contribution in [0.15, 0.2) is 96.2 Å². The lowest BCUT2D eigenvalue weighted by Gasteiger charge is -2.35. The fourth-order valence-electron chi connectivity index (χ4n) is 3.64. The SMILES string of the molecule is C1=CCC2=Cc3ccccc3N(c3ccc4ccccc4c3)C2=C1.